The summed E-state index contributed by atoms with van der Waals surface area (Å²) in [4.78, 5) is 50.4. The zero-order chi connectivity index (χ0) is 39.1. The Morgan fingerprint density at radius 2 is 1.02 bits per heavy atom. The van der Waals surface area contributed by atoms with Crippen molar-refractivity contribution in [2.24, 2.45) is 0 Å². The first-order valence-corrected chi connectivity index (χ1v) is 19.8. The van der Waals surface area contributed by atoms with E-state index in [0.717, 1.165) is 90.6 Å². The van der Waals surface area contributed by atoms with E-state index in [4.69, 9.17) is 18.9 Å². The molecule has 2 amide bonds. The van der Waals surface area contributed by atoms with Crippen molar-refractivity contribution in [2.75, 3.05) is 40.4 Å². The number of hydrogen-bond acceptors (Lipinski definition) is 10. The summed E-state index contributed by atoms with van der Waals surface area (Å²) >= 11 is 0. The highest BCUT2D eigenvalue weighted by Crippen LogP contribution is 2.38. The molecule has 5 fully saturated rings. The van der Waals surface area contributed by atoms with Gasteiger partial charge in [-0.05, 0) is 98.6 Å². The average molecular weight is 781 g/mol. The Kier molecular flexibility index (Phi) is 17.5. The fourth-order valence-corrected chi connectivity index (χ4v) is 8.54. The summed E-state index contributed by atoms with van der Waals surface area (Å²) in [6, 6.07) is 8.27. The van der Waals surface area contributed by atoms with Crippen molar-refractivity contribution >= 4 is 23.8 Å². The van der Waals surface area contributed by atoms with Crippen LogP contribution in [0.15, 0.2) is 24.3 Å². The summed E-state index contributed by atoms with van der Waals surface area (Å²) in [6.07, 6.45) is 8.67. The normalized spacial score (nSPS) is 23.3. The molecule has 5 aliphatic rings. The largest absolute Gasteiger partial charge is 0.468 e. The second-order valence-corrected chi connectivity index (χ2v) is 14.8. The molecule has 0 aliphatic carbocycles. The van der Waals surface area contributed by atoms with Crippen LogP contribution in [0.4, 0.5) is 0 Å². The maximum absolute atomic E-state index is 13.2. The molecule has 312 valence electrons. The van der Waals surface area contributed by atoms with Crippen molar-refractivity contribution in [3.8, 4) is 0 Å². The van der Waals surface area contributed by atoms with Crippen LogP contribution in [0.3, 0.4) is 0 Å². The summed E-state index contributed by atoms with van der Waals surface area (Å²) in [6.45, 7) is 15.2. The number of hydrazine groups is 2. The van der Waals surface area contributed by atoms with E-state index in [9.17, 15) is 19.2 Å². The van der Waals surface area contributed by atoms with Crippen molar-refractivity contribution in [1.82, 2.24) is 20.9 Å². The standard InChI is InChI=1S/C20H26N2O3.C16H22O4.C6H12N2O.2CH4/c1-4-13-8-12(3)9-14(5-2)17(13)18-19(23)21-10-15-6-7-16(25-15)11-22(21)20(18)24;1-6-11-8-10(3)9-12(7-2)13(11)14(15(17)19-4)16(18)20-5;1-2-6-4-8-7-3-5(1)9-6;;/h8-9,15-16,18H,4-7,10-11H2,1-3H3;8-9,14H,6-7H2,1-5H3;5-8H,1-4H2;2*1H4. The van der Waals surface area contributed by atoms with E-state index in [-0.39, 0.29) is 38.9 Å². The predicted octanol–water partition coefficient (Wildman–Crippen LogP) is 5.81. The lowest BCUT2D eigenvalue weighted by molar-refractivity contribution is -0.154. The third-order valence-electron chi connectivity index (χ3n) is 11.2. The third kappa shape index (κ3) is 10.2. The van der Waals surface area contributed by atoms with E-state index in [1.165, 1.54) is 32.6 Å². The minimum Gasteiger partial charge on any atom is -0.468 e. The number of esters is 2. The minimum atomic E-state index is -1.00. The highest BCUT2D eigenvalue weighted by molar-refractivity contribution is 6.10. The van der Waals surface area contributed by atoms with Gasteiger partial charge in [0.2, 0.25) is 0 Å². The molecule has 12 nitrogen and oxygen atoms in total. The van der Waals surface area contributed by atoms with Crippen LogP contribution in [0.25, 0.3) is 0 Å². The van der Waals surface area contributed by atoms with Crippen LogP contribution < -0.4 is 10.9 Å². The Morgan fingerprint density at radius 1 is 0.661 bits per heavy atom. The molecule has 0 radical (unpaired) electrons. The number of aryl methyl sites for hydroxylation is 6. The van der Waals surface area contributed by atoms with Gasteiger partial charge in [-0.15, -0.1) is 0 Å². The highest BCUT2D eigenvalue weighted by Gasteiger charge is 2.51. The van der Waals surface area contributed by atoms with Crippen molar-refractivity contribution in [3.63, 3.8) is 0 Å². The SMILES string of the molecule is C.C.C1CC2CNNCC1O2.CCc1cc(C)cc(CC)c1C(C(=O)OC)C(=O)OC.CCc1cc(C)cc(CC)c1C1C(=O)N2CC3CCC(CN2C1=O)O3. The summed E-state index contributed by atoms with van der Waals surface area (Å²) in [5.41, 5.74) is 14.4. The van der Waals surface area contributed by atoms with Crippen LogP contribution in [0.1, 0.15) is 125 Å². The number of nitrogens with one attached hydrogen (secondary N) is 2. The van der Waals surface area contributed by atoms with Crippen LogP contribution in [0.2, 0.25) is 0 Å². The smallest absolute Gasteiger partial charge is 0.324 e. The molecule has 4 bridgehead atoms. The van der Waals surface area contributed by atoms with E-state index >= 15 is 0 Å². The molecule has 2 aromatic rings. The molecule has 0 aromatic heterocycles. The number of methoxy groups -OCH3 is 2. The minimum absolute atomic E-state index is 0. The Balaban J connectivity index is 0.000000242. The van der Waals surface area contributed by atoms with E-state index in [0.29, 0.717) is 25.3 Å². The van der Waals surface area contributed by atoms with Crippen LogP contribution in [0.5, 0.6) is 0 Å². The first kappa shape index (κ1) is 46.5. The fraction of sp³-hybridized carbons (Fsp3) is 0.636. The number of benzene rings is 2. The van der Waals surface area contributed by atoms with Crippen molar-refractivity contribution in [3.05, 3.63) is 68.8 Å². The van der Waals surface area contributed by atoms with Crippen molar-refractivity contribution in [2.45, 2.75) is 144 Å². The summed E-state index contributed by atoms with van der Waals surface area (Å²) < 4.78 is 21.1. The second kappa shape index (κ2) is 21.1. The fourth-order valence-electron chi connectivity index (χ4n) is 8.54. The van der Waals surface area contributed by atoms with Gasteiger partial charge in [-0.3, -0.25) is 30.0 Å². The van der Waals surface area contributed by atoms with E-state index in [2.05, 4.69) is 43.8 Å². The van der Waals surface area contributed by atoms with Gasteiger partial charge in [-0.1, -0.05) is 77.9 Å². The number of carbonyl (C=O) groups excluding carboxylic acids is 4. The Hall–Kier alpha value is -3.84. The molecule has 0 saturated carbocycles. The number of rotatable bonds is 8. The Morgan fingerprint density at radius 3 is 1.39 bits per heavy atom. The van der Waals surface area contributed by atoms with E-state index in [1.807, 2.05) is 32.9 Å². The molecular formula is C44H68N4O8. The lowest BCUT2D eigenvalue weighted by Crippen LogP contribution is -2.45. The Labute approximate surface area is 335 Å². The quantitative estimate of drug-likeness (QED) is 0.250. The molecule has 7 rings (SSSR count). The average Bonchev–Trinajstić information content (AvgIpc) is 3.76. The first-order chi connectivity index (χ1) is 26.0. The molecule has 4 unspecified atom stereocenters. The third-order valence-corrected chi connectivity index (χ3v) is 11.2. The summed E-state index contributed by atoms with van der Waals surface area (Å²) in [7, 11) is 2.56. The topological polar surface area (TPSA) is 136 Å². The van der Waals surface area contributed by atoms with Crippen molar-refractivity contribution < 1.29 is 38.1 Å². The van der Waals surface area contributed by atoms with Gasteiger partial charge < -0.3 is 18.9 Å². The lowest BCUT2D eigenvalue weighted by atomic mass is 9.85. The van der Waals surface area contributed by atoms with Gasteiger partial charge in [-0.2, -0.15) is 0 Å². The van der Waals surface area contributed by atoms with Gasteiger partial charge >= 0.3 is 11.9 Å². The van der Waals surface area contributed by atoms with Crippen LogP contribution in [-0.2, 0) is 63.8 Å². The number of ether oxygens (including phenoxy) is 4. The van der Waals surface area contributed by atoms with Crippen LogP contribution in [-0.4, -0.2) is 98.6 Å². The maximum atomic E-state index is 13.2. The predicted molar refractivity (Wildman–Crippen MR) is 218 cm³/mol. The van der Waals surface area contributed by atoms with Gasteiger partial charge in [-0.25, -0.2) is 10.0 Å². The van der Waals surface area contributed by atoms with Gasteiger partial charge in [0.05, 0.1) is 51.7 Å². The van der Waals surface area contributed by atoms with E-state index < -0.39 is 23.8 Å². The summed E-state index contributed by atoms with van der Waals surface area (Å²) in [5.74, 6) is -2.99. The molecule has 5 heterocycles. The van der Waals surface area contributed by atoms with Gasteiger partial charge in [0.1, 0.15) is 5.92 Å². The van der Waals surface area contributed by atoms with Crippen LogP contribution >= 0.6 is 0 Å². The zero-order valence-electron chi connectivity index (χ0n) is 33.4. The van der Waals surface area contributed by atoms with Crippen LogP contribution in [0, 0.1) is 13.8 Å². The Bertz CT molecular complexity index is 1570. The second-order valence-electron chi connectivity index (χ2n) is 14.8. The number of fused-ring (bicyclic) bond motifs is 5. The molecule has 2 aromatic carbocycles. The molecule has 0 spiro atoms. The molecule has 12 heteroatoms. The molecule has 4 atom stereocenters. The molecular weight excluding hydrogens is 713 g/mol. The lowest BCUT2D eigenvalue weighted by Gasteiger charge is -2.27. The van der Waals surface area contributed by atoms with Gasteiger partial charge in [0.25, 0.3) is 11.8 Å². The molecule has 5 aliphatic heterocycles. The molecule has 5 saturated heterocycles. The molecule has 56 heavy (non-hydrogen) atoms. The number of amides is 2. The van der Waals surface area contributed by atoms with E-state index in [1.54, 1.807) is 10.0 Å². The van der Waals surface area contributed by atoms with Crippen molar-refractivity contribution in [1.29, 1.82) is 0 Å². The number of hydrogen-bond donors (Lipinski definition) is 2. The number of nitrogens with zero attached hydrogens (tertiary/aromatic N) is 2. The van der Waals surface area contributed by atoms with Gasteiger partial charge in [0, 0.05) is 13.1 Å². The zero-order valence-corrected chi connectivity index (χ0v) is 33.4. The van der Waals surface area contributed by atoms with Gasteiger partial charge in [0.15, 0.2) is 5.92 Å². The first-order valence-electron chi connectivity index (χ1n) is 19.8. The maximum Gasteiger partial charge on any atom is 0.324 e. The summed E-state index contributed by atoms with van der Waals surface area (Å²) in [5, 5.41) is 3.32. The molecule has 2 N–H and O–H groups in total. The highest BCUT2D eigenvalue weighted by atomic mass is 16.5. The number of carbonyl (C=O) groups is 4. The monoisotopic (exact) mass is 781 g/mol.